The summed E-state index contributed by atoms with van der Waals surface area (Å²) in [6, 6.07) is 30.3. The van der Waals surface area contributed by atoms with Gasteiger partial charge in [-0.1, -0.05) is 71.8 Å². The van der Waals surface area contributed by atoms with E-state index in [2.05, 4.69) is 0 Å². The van der Waals surface area contributed by atoms with Gasteiger partial charge in [-0.25, -0.2) is 0 Å². The van der Waals surface area contributed by atoms with Crippen molar-refractivity contribution in [3.05, 3.63) is 155 Å². The summed E-state index contributed by atoms with van der Waals surface area (Å²) < 4.78 is 108. The van der Waals surface area contributed by atoms with E-state index in [-0.39, 0.29) is 44.5 Å². The van der Waals surface area contributed by atoms with Gasteiger partial charge in [0.1, 0.15) is 23.0 Å². The van der Waals surface area contributed by atoms with Crippen molar-refractivity contribution in [2.24, 2.45) is 0 Å². The Morgan fingerprint density at radius 3 is 1.11 bits per heavy atom. The Balaban J connectivity index is 1.57. The summed E-state index contributed by atoms with van der Waals surface area (Å²) >= 11 is 0. The first-order valence-electron chi connectivity index (χ1n) is 16.6. The summed E-state index contributed by atoms with van der Waals surface area (Å²) in [7, 11) is 0. The molecule has 0 bridgehead atoms. The lowest BCUT2D eigenvalue weighted by Crippen LogP contribution is -2.55. The molecule has 0 heterocycles. The van der Waals surface area contributed by atoms with E-state index in [1.165, 1.54) is 76.2 Å². The average molecular weight is 727 g/mol. The molecule has 0 aromatic heterocycles. The van der Waals surface area contributed by atoms with E-state index in [1.54, 1.807) is 60.7 Å². The van der Waals surface area contributed by atoms with Crippen molar-refractivity contribution in [1.82, 2.24) is 0 Å². The van der Waals surface area contributed by atoms with Crippen molar-refractivity contribution in [2.75, 3.05) is 11.5 Å². The zero-order valence-electron chi connectivity index (χ0n) is 29.3. The molecule has 10 heteroatoms. The lowest BCUT2D eigenvalue weighted by Gasteiger charge is -2.41. The number of hydrogen-bond acceptors (Lipinski definition) is 4. The fraction of sp³-hybridized carbons (Fsp3) is 0.163. The van der Waals surface area contributed by atoms with Gasteiger partial charge in [0.05, 0.1) is 0 Å². The van der Waals surface area contributed by atoms with Crippen LogP contribution < -0.4 is 20.9 Å². The van der Waals surface area contributed by atoms with Crippen LogP contribution >= 0.6 is 0 Å². The number of aryl methyl sites for hydroxylation is 4. The summed E-state index contributed by atoms with van der Waals surface area (Å²) in [6.45, 7) is 6.01. The molecule has 0 saturated carbocycles. The van der Waals surface area contributed by atoms with Crippen LogP contribution in [0, 0.1) is 27.7 Å². The summed E-state index contributed by atoms with van der Waals surface area (Å²) in [5.74, 6) is 1.49. The van der Waals surface area contributed by atoms with E-state index in [0.29, 0.717) is 34.4 Å². The molecule has 53 heavy (non-hydrogen) atoms. The van der Waals surface area contributed by atoms with Gasteiger partial charge in [-0.2, -0.15) is 26.3 Å². The van der Waals surface area contributed by atoms with E-state index in [4.69, 9.17) is 20.9 Å². The molecule has 0 aliphatic heterocycles. The molecule has 6 aromatic carbocycles. The Kier molecular flexibility index (Phi) is 9.68. The first kappa shape index (κ1) is 36.9. The lowest BCUT2D eigenvalue weighted by atomic mass is 9.66. The molecule has 0 aliphatic rings. The molecule has 4 N–H and O–H groups in total. The highest BCUT2D eigenvalue weighted by Crippen LogP contribution is 2.60. The Hall–Kier alpha value is -5.90. The van der Waals surface area contributed by atoms with Gasteiger partial charge in [0.15, 0.2) is 0 Å². The monoisotopic (exact) mass is 726 g/mol. The van der Waals surface area contributed by atoms with E-state index in [0.717, 1.165) is 12.1 Å². The quantitative estimate of drug-likeness (QED) is 0.121. The number of halogens is 6. The van der Waals surface area contributed by atoms with Crippen molar-refractivity contribution in [2.45, 2.75) is 45.5 Å². The lowest BCUT2D eigenvalue weighted by molar-refractivity contribution is -0.288. The molecule has 0 atom stereocenters. The van der Waals surface area contributed by atoms with Gasteiger partial charge in [-0.3, -0.25) is 0 Å². The summed E-state index contributed by atoms with van der Waals surface area (Å²) in [5, 5.41) is 0. The molecular weight excluding hydrogens is 690 g/mol. The number of hydrogen-bond donors (Lipinski definition) is 2. The van der Waals surface area contributed by atoms with Crippen LogP contribution in [0.4, 0.5) is 37.7 Å². The average Bonchev–Trinajstić information content (AvgIpc) is 3.05. The second kappa shape index (κ2) is 13.9. The molecule has 0 aliphatic carbocycles. The minimum absolute atomic E-state index is 0.157. The predicted octanol–water partition coefficient (Wildman–Crippen LogP) is 12.4. The minimum Gasteiger partial charge on any atom is -0.457 e. The topological polar surface area (TPSA) is 70.5 Å². The van der Waals surface area contributed by atoms with Crippen molar-refractivity contribution >= 4 is 11.4 Å². The number of benzene rings is 6. The molecule has 0 spiro atoms. The minimum atomic E-state index is -5.85. The van der Waals surface area contributed by atoms with E-state index < -0.39 is 28.9 Å². The van der Waals surface area contributed by atoms with Gasteiger partial charge >= 0.3 is 12.4 Å². The van der Waals surface area contributed by atoms with E-state index in [9.17, 15) is 0 Å². The smallest absolute Gasteiger partial charge is 0.411 e. The molecule has 6 rings (SSSR count). The van der Waals surface area contributed by atoms with Crippen molar-refractivity contribution in [1.29, 1.82) is 0 Å². The number of nitrogen functional groups attached to an aromatic ring is 2. The van der Waals surface area contributed by atoms with Gasteiger partial charge in [-0.05, 0) is 121 Å². The Bertz CT molecular complexity index is 2120. The zero-order chi connectivity index (χ0) is 38.3. The highest BCUT2D eigenvalue weighted by atomic mass is 19.4. The molecule has 4 nitrogen and oxygen atoms in total. The molecule has 6 aromatic rings. The van der Waals surface area contributed by atoms with Crippen LogP contribution in [0.25, 0.3) is 22.3 Å². The summed E-state index contributed by atoms with van der Waals surface area (Å²) in [4.78, 5) is 0. The van der Waals surface area contributed by atoms with Crippen LogP contribution in [-0.2, 0) is 5.41 Å². The first-order chi connectivity index (χ1) is 25.0. The standard InChI is InChI=1S/C43H36F6N2O2/c1-25-19-27(3)39(29-11-15-33(16-12-29)52-35-9-5-7-31(50)23-35)37(21-25)41(42(44,45)46,43(47,48)49)38-22-26(2)20-28(4)40(38)30-13-17-34(18-14-30)53-36-10-6-8-32(51)24-36/h5-24H,50-51H2,1-4H3. The summed E-state index contributed by atoms with van der Waals surface area (Å²) in [5.41, 5.74) is 7.25. The van der Waals surface area contributed by atoms with Crippen LogP contribution in [-0.4, -0.2) is 12.4 Å². The van der Waals surface area contributed by atoms with E-state index >= 15 is 26.3 Å². The first-order valence-corrected chi connectivity index (χ1v) is 16.6. The molecule has 0 saturated heterocycles. The van der Waals surface area contributed by atoms with Gasteiger partial charge in [0, 0.05) is 23.5 Å². The molecular formula is C43H36F6N2O2. The normalized spacial score (nSPS) is 12.1. The number of rotatable bonds is 8. The molecule has 0 amide bonds. The Morgan fingerprint density at radius 1 is 0.434 bits per heavy atom. The third-order valence-electron chi connectivity index (χ3n) is 9.09. The van der Waals surface area contributed by atoms with Gasteiger partial charge in [0.2, 0.25) is 5.41 Å². The number of anilines is 2. The fourth-order valence-corrected chi connectivity index (χ4v) is 7.02. The molecule has 272 valence electrons. The van der Waals surface area contributed by atoms with Crippen LogP contribution in [0.1, 0.15) is 33.4 Å². The van der Waals surface area contributed by atoms with Crippen molar-refractivity contribution in [3.8, 4) is 45.3 Å². The van der Waals surface area contributed by atoms with Crippen molar-refractivity contribution in [3.63, 3.8) is 0 Å². The molecule has 0 unspecified atom stereocenters. The number of alkyl halides is 6. The third-order valence-corrected chi connectivity index (χ3v) is 9.09. The molecule has 0 fully saturated rings. The van der Waals surface area contributed by atoms with Crippen LogP contribution in [0.2, 0.25) is 0 Å². The SMILES string of the molecule is Cc1cc(C)c(-c2ccc(Oc3cccc(N)c3)cc2)c(C(c2cc(C)cc(C)c2-c2ccc(Oc3cccc(N)c3)cc2)(C(F)(F)F)C(F)(F)F)c1. The number of nitrogens with two attached hydrogens (primary N) is 2. The zero-order valence-corrected chi connectivity index (χ0v) is 29.3. The van der Waals surface area contributed by atoms with Crippen LogP contribution in [0.3, 0.4) is 0 Å². The second-order valence-corrected chi connectivity index (χ2v) is 13.2. The van der Waals surface area contributed by atoms with Crippen molar-refractivity contribution < 1.29 is 35.8 Å². The van der Waals surface area contributed by atoms with Gasteiger partial charge < -0.3 is 20.9 Å². The van der Waals surface area contributed by atoms with Gasteiger partial charge in [-0.15, -0.1) is 0 Å². The number of ether oxygens (including phenoxy) is 2. The Labute approximate surface area is 303 Å². The van der Waals surface area contributed by atoms with Crippen LogP contribution in [0.15, 0.2) is 121 Å². The second-order valence-electron chi connectivity index (χ2n) is 13.2. The Morgan fingerprint density at radius 2 is 0.792 bits per heavy atom. The van der Waals surface area contributed by atoms with Gasteiger partial charge in [0.25, 0.3) is 0 Å². The van der Waals surface area contributed by atoms with Crippen LogP contribution in [0.5, 0.6) is 23.0 Å². The maximum atomic E-state index is 16.1. The maximum Gasteiger partial charge on any atom is 0.411 e. The highest BCUT2D eigenvalue weighted by molar-refractivity contribution is 5.80. The fourth-order valence-electron chi connectivity index (χ4n) is 7.02. The molecule has 0 radical (unpaired) electrons. The predicted molar refractivity (Wildman–Crippen MR) is 197 cm³/mol. The summed E-state index contributed by atoms with van der Waals surface area (Å²) in [6.07, 6.45) is -11.7. The largest absolute Gasteiger partial charge is 0.457 e. The van der Waals surface area contributed by atoms with E-state index in [1.807, 2.05) is 0 Å². The third kappa shape index (κ3) is 7.13. The highest BCUT2D eigenvalue weighted by Gasteiger charge is 2.73. The maximum absolute atomic E-state index is 16.1.